The van der Waals surface area contributed by atoms with Crippen molar-refractivity contribution in [1.82, 2.24) is 9.47 Å². The van der Waals surface area contributed by atoms with Gasteiger partial charge in [-0.3, -0.25) is 9.59 Å². The highest BCUT2D eigenvalue weighted by atomic mass is 16.4. The number of carbonyl (C=O) groups is 1. The Kier molecular flexibility index (Phi) is 6.02. The second-order valence-corrected chi connectivity index (χ2v) is 7.81. The molecule has 0 saturated carbocycles. The van der Waals surface area contributed by atoms with Crippen LogP contribution in [0.15, 0.2) is 70.0 Å². The molecular formula is C24H27N3O3. The van der Waals surface area contributed by atoms with E-state index in [9.17, 15) is 9.59 Å². The van der Waals surface area contributed by atoms with E-state index < -0.39 is 0 Å². The van der Waals surface area contributed by atoms with Crippen molar-refractivity contribution in [2.45, 2.75) is 32.4 Å². The highest BCUT2D eigenvalue weighted by Gasteiger charge is 2.17. The Balaban J connectivity index is 1.37. The zero-order valence-electron chi connectivity index (χ0n) is 17.3. The van der Waals surface area contributed by atoms with Crippen LogP contribution in [0.25, 0.3) is 0 Å². The second-order valence-electron chi connectivity index (χ2n) is 7.81. The molecule has 2 aromatic heterocycles. The number of hydrogen-bond acceptors (Lipinski definition) is 4. The molecular weight excluding hydrogens is 378 g/mol. The molecule has 30 heavy (non-hydrogen) atoms. The van der Waals surface area contributed by atoms with Gasteiger partial charge < -0.3 is 18.8 Å². The molecule has 3 heterocycles. The van der Waals surface area contributed by atoms with Crippen molar-refractivity contribution in [1.29, 1.82) is 0 Å². The van der Waals surface area contributed by atoms with Crippen LogP contribution in [0.5, 0.6) is 0 Å². The summed E-state index contributed by atoms with van der Waals surface area (Å²) in [6, 6.07) is 16.9. The molecule has 3 aromatic rings. The summed E-state index contributed by atoms with van der Waals surface area (Å²) in [6.45, 7) is 3.04. The summed E-state index contributed by atoms with van der Waals surface area (Å²) >= 11 is 0. The fraction of sp³-hybridized carbons (Fsp3) is 0.333. The van der Waals surface area contributed by atoms with E-state index in [1.165, 1.54) is 31.0 Å². The molecule has 1 aliphatic heterocycles. The molecule has 1 saturated heterocycles. The Morgan fingerprint density at radius 3 is 2.50 bits per heavy atom. The minimum Gasteiger partial charge on any atom is -0.454 e. The quantitative estimate of drug-likeness (QED) is 0.627. The van der Waals surface area contributed by atoms with E-state index in [4.69, 9.17) is 4.42 Å². The van der Waals surface area contributed by atoms with Gasteiger partial charge in [-0.1, -0.05) is 18.2 Å². The SMILES string of the molecule is CN(Cc1ccc(N2CCCCC2)cc1)C(=O)c1ccc(Cn2ccccc2=O)o1. The Morgan fingerprint density at radius 1 is 1.00 bits per heavy atom. The third-order valence-corrected chi connectivity index (χ3v) is 5.52. The maximum Gasteiger partial charge on any atom is 0.289 e. The van der Waals surface area contributed by atoms with Crippen molar-refractivity contribution >= 4 is 11.6 Å². The predicted octanol–water partition coefficient (Wildman–Crippen LogP) is 3.75. The first-order valence-corrected chi connectivity index (χ1v) is 10.4. The lowest BCUT2D eigenvalue weighted by molar-refractivity contribution is 0.0751. The number of hydrogen-bond donors (Lipinski definition) is 0. The minimum atomic E-state index is -0.179. The van der Waals surface area contributed by atoms with Crippen LogP contribution < -0.4 is 10.5 Å². The van der Waals surface area contributed by atoms with Gasteiger partial charge >= 0.3 is 0 Å². The monoisotopic (exact) mass is 405 g/mol. The number of anilines is 1. The van der Waals surface area contributed by atoms with Crippen LogP contribution in [0.3, 0.4) is 0 Å². The largest absolute Gasteiger partial charge is 0.454 e. The highest BCUT2D eigenvalue weighted by molar-refractivity contribution is 5.91. The molecule has 1 aliphatic rings. The lowest BCUT2D eigenvalue weighted by atomic mass is 10.1. The smallest absolute Gasteiger partial charge is 0.289 e. The minimum absolute atomic E-state index is 0.105. The van der Waals surface area contributed by atoms with Crippen LogP contribution in [-0.4, -0.2) is 35.5 Å². The molecule has 1 fully saturated rings. The number of piperidine rings is 1. The summed E-state index contributed by atoms with van der Waals surface area (Å²) in [7, 11) is 1.77. The first-order valence-electron chi connectivity index (χ1n) is 10.4. The molecule has 0 spiro atoms. The van der Waals surface area contributed by atoms with Crippen LogP contribution in [0.2, 0.25) is 0 Å². The van der Waals surface area contributed by atoms with Crippen LogP contribution in [0, 0.1) is 0 Å². The van der Waals surface area contributed by atoms with Crippen molar-refractivity contribution in [3.63, 3.8) is 0 Å². The normalized spacial score (nSPS) is 14.0. The number of amides is 1. The van der Waals surface area contributed by atoms with Crippen molar-refractivity contribution in [3.8, 4) is 0 Å². The number of pyridine rings is 1. The molecule has 1 amide bonds. The topological polar surface area (TPSA) is 58.7 Å². The number of aromatic nitrogens is 1. The molecule has 0 radical (unpaired) electrons. The molecule has 0 N–H and O–H groups in total. The maximum absolute atomic E-state index is 12.8. The van der Waals surface area contributed by atoms with Gasteiger partial charge in [-0.05, 0) is 55.2 Å². The maximum atomic E-state index is 12.8. The number of benzene rings is 1. The van der Waals surface area contributed by atoms with Gasteiger partial charge in [0.15, 0.2) is 5.76 Å². The zero-order valence-corrected chi connectivity index (χ0v) is 17.3. The van der Waals surface area contributed by atoms with Gasteiger partial charge in [0.1, 0.15) is 5.76 Å². The summed E-state index contributed by atoms with van der Waals surface area (Å²) in [6.07, 6.45) is 5.52. The van der Waals surface area contributed by atoms with Gasteiger partial charge in [-0.25, -0.2) is 0 Å². The fourth-order valence-electron chi connectivity index (χ4n) is 3.84. The molecule has 156 valence electrons. The molecule has 6 heteroatoms. The van der Waals surface area contributed by atoms with Crippen LogP contribution in [0.1, 0.15) is 41.1 Å². The van der Waals surface area contributed by atoms with Crippen molar-refractivity contribution in [2.24, 2.45) is 0 Å². The fourth-order valence-corrected chi connectivity index (χ4v) is 3.84. The average Bonchev–Trinajstić information content (AvgIpc) is 3.24. The van der Waals surface area contributed by atoms with Gasteiger partial charge in [-0.15, -0.1) is 0 Å². The Morgan fingerprint density at radius 2 is 1.77 bits per heavy atom. The zero-order chi connectivity index (χ0) is 20.9. The summed E-state index contributed by atoms with van der Waals surface area (Å²) in [5, 5.41) is 0. The summed E-state index contributed by atoms with van der Waals surface area (Å²) < 4.78 is 7.25. The van der Waals surface area contributed by atoms with Gasteiger partial charge in [0.2, 0.25) is 0 Å². The van der Waals surface area contributed by atoms with E-state index in [0.717, 1.165) is 18.7 Å². The van der Waals surface area contributed by atoms with Gasteiger partial charge in [0.05, 0.1) is 6.54 Å². The Bertz CT molecular complexity index is 1050. The molecule has 6 nitrogen and oxygen atoms in total. The standard InChI is InChI=1S/C24H27N3O3/c1-25(17-19-8-10-20(11-9-19)26-14-4-2-5-15-26)24(29)22-13-12-21(30-22)18-27-16-6-3-7-23(27)28/h3,6-13,16H,2,4-5,14-15,17-18H2,1H3. The molecule has 0 atom stereocenters. The second kappa shape index (κ2) is 9.03. The van der Waals surface area contributed by atoms with Crippen LogP contribution in [0.4, 0.5) is 5.69 Å². The number of furan rings is 1. The first-order chi connectivity index (χ1) is 14.6. The van der Waals surface area contributed by atoms with Crippen LogP contribution >= 0.6 is 0 Å². The number of nitrogens with zero attached hydrogens (tertiary/aromatic N) is 3. The Labute approximate surface area is 176 Å². The first kappa shape index (κ1) is 20.0. The van der Waals surface area contributed by atoms with Crippen molar-refractivity contribution in [2.75, 3.05) is 25.0 Å². The number of rotatable bonds is 6. The summed E-state index contributed by atoms with van der Waals surface area (Å²) in [4.78, 5) is 28.7. The molecule has 0 aliphatic carbocycles. The lowest BCUT2D eigenvalue weighted by Gasteiger charge is -2.29. The predicted molar refractivity (Wildman–Crippen MR) is 117 cm³/mol. The van der Waals surface area contributed by atoms with Gasteiger partial charge in [0, 0.05) is 44.6 Å². The van der Waals surface area contributed by atoms with E-state index in [0.29, 0.717) is 18.8 Å². The van der Waals surface area contributed by atoms with Crippen molar-refractivity contribution < 1.29 is 9.21 Å². The molecule has 0 unspecified atom stereocenters. The number of carbonyl (C=O) groups excluding carboxylic acids is 1. The summed E-state index contributed by atoms with van der Waals surface area (Å²) in [5.41, 5.74) is 2.22. The van der Waals surface area contributed by atoms with Crippen LogP contribution in [-0.2, 0) is 13.1 Å². The third-order valence-electron chi connectivity index (χ3n) is 5.52. The van der Waals surface area contributed by atoms with E-state index in [-0.39, 0.29) is 17.2 Å². The van der Waals surface area contributed by atoms with E-state index in [2.05, 4.69) is 29.2 Å². The summed E-state index contributed by atoms with van der Waals surface area (Å²) in [5.74, 6) is 0.675. The molecule has 1 aromatic carbocycles. The lowest BCUT2D eigenvalue weighted by Crippen LogP contribution is -2.29. The van der Waals surface area contributed by atoms with E-state index >= 15 is 0 Å². The molecule has 4 rings (SSSR count). The average molecular weight is 405 g/mol. The van der Waals surface area contributed by atoms with Gasteiger partial charge in [0.25, 0.3) is 11.5 Å². The third kappa shape index (κ3) is 4.64. The molecule has 0 bridgehead atoms. The van der Waals surface area contributed by atoms with E-state index in [1.807, 2.05) is 0 Å². The van der Waals surface area contributed by atoms with Crippen molar-refractivity contribution in [3.05, 3.63) is 88.2 Å². The highest BCUT2D eigenvalue weighted by Crippen LogP contribution is 2.21. The van der Waals surface area contributed by atoms with E-state index in [1.54, 1.807) is 47.0 Å². The Hall–Kier alpha value is -3.28. The van der Waals surface area contributed by atoms with Gasteiger partial charge in [-0.2, -0.15) is 0 Å².